The van der Waals surface area contributed by atoms with Crippen LogP contribution in [-0.2, 0) is 12.8 Å². The van der Waals surface area contributed by atoms with Gasteiger partial charge in [-0.25, -0.2) is 4.98 Å². The standard InChI is InChI=1S/C20H19N5O2S/c1-12-8-15(27-24-12)11-28-18-7-5-4-6-16(18)20(26)22-14-9-17-13(2)23-25(3)19(17)21-10-14/h4-10H,11H2,1-3H3,(H,22,26). The first-order valence-corrected chi connectivity index (χ1v) is 9.74. The van der Waals surface area contributed by atoms with Crippen LogP contribution in [0.1, 0.15) is 27.5 Å². The Bertz CT molecular complexity index is 1160. The minimum atomic E-state index is -0.181. The number of aryl methyl sites for hydroxylation is 3. The van der Waals surface area contributed by atoms with Gasteiger partial charge in [0.2, 0.25) is 0 Å². The smallest absolute Gasteiger partial charge is 0.256 e. The second-order valence-electron chi connectivity index (χ2n) is 6.48. The number of carbonyl (C=O) groups is 1. The van der Waals surface area contributed by atoms with Crippen LogP contribution in [0.4, 0.5) is 5.69 Å². The number of rotatable bonds is 5. The molecule has 0 saturated heterocycles. The lowest BCUT2D eigenvalue weighted by Gasteiger charge is -2.09. The second kappa shape index (κ2) is 7.47. The molecule has 28 heavy (non-hydrogen) atoms. The molecule has 0 fully saturated rings. The molecule has 4 rings (SSSR count). The molecule has 0 radical (unpaired) electrons. The molecule has 0 aliphatic carbocycles. The molecule has 0 bridgehead atoms. The monoisotopic (exact) mass is 393 g/mol. The molecule has 0 atom stereocenters. The van der Waals surface area contributed by atoms with E-state index in [0.717, 1.165) is 33.1 Å². The average Bonchev–Trinajstić information content (AvgIpc) is 3.23. The molecule has 0 aliphatic heterocycles. The molecule has 1 N–H and O–H groups in total. The van der Waals surface area contributed by atoms with E-state index in [0.29, 0.717) is 17.0 Å². The maximum atomic E-state index is 12.9. The van der Waals surface area contributed by atoms with Gasteiger partial charge in [0.1, 0.15) is 5.76 Å². The van der Waals surface area contributed by atoms with E-state index in [9.17, 15) is 4.79 Å². The first kappa shape index (κ1) is 18.2. The van der Waals surface area contributed by atoms with Crippen molar-refractivity contribution in [2.75, 3.05) is 5.32 Å². The lowest BCUT2D eigenvalue weighted by Crippen LogP contribution is -2.13. The quantitative estimate of drug-likeness (QED) is 0.514. The molecular formula is C20H19N5O2S. The normalized spacial score (nSPS) is 11.1. The number of benzene rings is 1. The van der Waals surface area contributed by atoms with Gasteiger partial charge in [0, 0.05) is 23.4 Å². The first-order valence-electron chi connectivity index (χ1n) is 8.76. The number of hydrogen-bond acceptors (Lipinski definition) is 6. The summed E-state index contributed by atoms with van der Waals surface area (Å²) in [5.41, 5.74) is 3.74. The third-order valence-electron chi connectivity index (χ3n) is 4.30. The van der Waals surface area contributed by atoms with E-state index >= 15 is 0 Å². The fourth-order valence-electron chi connectivity index (χ4n) is 2.99. The summed E-state index contributed by atoms with van der Waals surface area (Å²) in [6, 6.07) is 11.3. The maximum absolute atomic E-state index is 12.9. The van der Waals surface area contributed by atoms with Gasteiger partial charge in [-0.05, 0) is 32.0 Å². The largest absolute Gasteiger partial charge is 0.360 e. The molecule has 0 aliphatic rings. The molecule has 7 nitrogen and oxygen atoms in total. The maximum Gasteiger partial charge on any atom is 0.256 e. The highest BCUT2D eigenvalue weighted by Crippen LogP contribution is 2.27. The number of amides is 1. The van der Waals surface area contributed by atoms with Gasteiger partial charge in [0.25, 0.3) is 5.91 Å². The summed E-state index contributed by atoms with van der Waals surface area (Å²) in [6.07, 6.45) is 1.65. The van der Waals surface area contributed by atoms with E-state index in [1.165, 1.54) is 11.8 Å². The van der Waals surface area contributed by atoms with Crippen molar-refractivity contribution in [1.82, 2.24) is 19.9 Å². The Morgan fingerprint density at radius 2 is 2.07 bits per heavy atom. The third-order valence-corrected chi connectivity index (χ3v) is 5.40. The van der Waals surface area contributed by atoms with Gasteiger partial charge in [-0.2, -0.15) is 5.10 Å². The molecule has 1 amide bonds. The van der Waals surface area contributed by atoms with Gasteiger partial charge in [0.15, 0.2) is 5.65 Å². The van der Waals surface area contributed by atoms with Crippen LogP contribution >= 0.6 is 11.8 Å². The Morgan fingerprint density at radius 3 is 2.86 bits per heavy atom. The van der Waals surface area contributed by atoms with Crippen LogP contribution in [0.5, 0.6) is 0 Å². The van der Waals surface area contributed by atoms with Gasteiger partial charge < -0.3 is 9.84 Å². The van der Waals surface area contributed by atoms with Crippen LogP contribution in [0.15, 0.2) is 52.0 Å². The highest BCUT2D eigenvalue weighted by atomic mass is 32.2. The van der Waals surface area contributed by atoms with Gasteiger partial charge in [-0.15, -0.1) is 11.8 Å². The number of hydrogen-bond donors (Lipinski definition) is 1. The van der Waals surface area contributed by atoms with Crippen molar-refractivity contribution in [3.8, 4) is 0 Å². The number of nitrogens with zero attached hydrogens (tertiary/aromatic N) is 4. The highest BCUT2D eigenvalue weighted by Gasteiger charge is 2.14. The van der Waals surface area contributed by atoms with Crippen molar-refractivity contribution >= 4 is 34.4 Å². The predicted molar refractivity (Wildman–Crippen MR) is 108 cm³/mol. The van der Waals surface area contributed by atoms with E-state index < -0.39 is 0 Å². The Balaban J connectivity index is 1.54. The topological polar surface area (TPSA) is 85.8 Å². The number of thioether (sulfide) groups is 1. The van der Waals surface area contributed by atoms with E-state index in [2.05, 4.69) is 20.6 Å². The molecule has 0 unspecified atom stereocenters. The van der Waals surface area contributed by atoms with E-state index in [4.69, 9.17) is 4.52 Å². The van der Waals surface area contributed by atoms with E-state index in [-0.39, 0.29) is 5.91 Å². The van der Waals surface area contributed by atoms with Crippen LogP contribution < -0.4 is 5.32 Å². The number of fused-ring (bicyclic) bond motifs is 1. The third kappa shape index (κ3) is 3.63. The highest BCUT2D eigenvalue weighted by molar-refractivity contribution is 7.98. The summed E-state index contributed by atoms with van der Waals surface area (Å²) < 4.78 is 6.98. The number of pyridine rings is 1. The molecule has 4 aromatic rings. The Kier molecular flexibility index (Phi) is 4.87. The zero-order valence-electron chi connectivity index (χ0n) is 15.8. The molecule has 142 valence electrons. The fraction of sp³-hybridized carbons (Fsp3) is 0.200. The van der Waals surface area contributed by atoms with Crippen molar-refractivity contribution in [2.24, 2.45) is 7.05 Å². The molecule has 0 saturated carbocycles. The van der Waals surface area contributed by atoms with Crippen LogP contribution in [0.2, 0.25) is 0 Å². The summed E-state index contributed by atoms with van der Waals surface area (Å²) >= 11 is 1.54. The van der Waals surface area contributed by atoms with Crippen molar-refractivity contribution in [3.05, 3.63) is 65.3 Å². The number of nitrogens with one attached hydrogen (secondary N) is 1. The second-order valence-corrected chi connectivity index (χ2v) is 7.49. The molecule has 8 heteroatoms. The number of carbonyl (C=O) groups excluding carboxylic acids is 1. The summed E-state index contributed by atoms with van der Waals surface area (Å²) in [5.74, 6) is 1.20. The lowest BCUT2D eigenvalue weighted by atomic mass is 10.2. The van der Waals surface area contributed by atoms with Crippen molar-refractivity contribution in [3.63, 3.8) is 0 Å². The van der Waals surface area contributed by atoms with Crippen molar-refractivity contribution in [1.29, 1.82) is 0 Å². The van der Waals surface area contributed by atoms with Crippen LogP contribution in [0.25, 0.3) is 11.0 Å². The first-order chi connectivity index (χ1) is 13.5. The van der Waals surface area contributed by atoms with Crippen molar-refractivity contribution < 1.29 is 9.32 Å². The average molecular weight is 393 g/mol. The van der Waals surface area contributed by atoms with E-state index in [1.54, 1.807) is 10.9 Å². The number of anilines is 1. The minimum absolute atomic E-state index is 0.181. The SMILES string of the molecule is Cc1cc(CSc2ccccc2C(=O)Nc2cnc3c(c2)c(C)nn3C)on1. The van der Waals surface area contributed by atoms with Gasteiger partial charge in [0.05, 0.1) is 34.6 Å². The summed E-state index contributed by atoms with van der Waals surface area (Å²) in [4.78, 5) is 18.2. The Labute approximate surface area is 166 Å². The van der Waals surface area contributed by atoms with Crippen LogP contribution in [0.3, 0.4) is 0 Å². The van der Waals surface area contributed by atoms with Gasteiger partial charge in [-0.1, -0.05) is 17.3 Å². The molecular weight excluding hydrogens is 374 g/mol. The summed E-state index contributed by atoms with van der Waals surface area (Å²) in [5, 5.41) is 12.1. The lowest BCUT2D eigenvalue weighted by molar-refractivity contribution is 0.102. The number of aromatic nitrogens is 4. The predicted octanol–water partition coefficient (Wildman–Crippen LogP) is 4.12. The van der Waals surface area contributed by atoms with Crippen LogP contribution in [0, 0.1) is 13.8 Å². The Morgan fingerprint density at radius 1 is 1.25 bits per heavy atom. The minimum Gasteiger partial charge on any atom is -0.360 e. The van der Waals surface area contributed by atoms with Crippen molar-refractivity contribution in [2.45, 2.75) is 24.5 Å². The summed E-state index contributed by atoms with van der Waals surface area (Å²) in [7, 11) is 1.85. The molecule has 0 spiro atoms. The van der Waals surface area contributed by atoms with Crippen LogP contribution in [-0.4, -0.2) is 25.8 Å². The fourth-order valence-corrected chi connectivity index (χ4v) is 3.91. The zero-order chi connectivity index (χ0) is 19.7. The molecule has 1 aromatic carbocycles. The van der Waals surface area contributed by atoms with Gasteiger partial charge >= 0.3 is 0 Å². The molecule has 3 heterocycles. The Hall–Kier alpha value is -3.13. The summed E-state index contributed by atoms with van der Waals surface area (Å²) in [6.45, 7) is 3.81. The molecule has 3 aromatic heterocycles. The zero-order valence-corrected chi connectivity index (χ0v) is 16.6. The van der Waals surface area contributed by atoms with Gasteiger partial charge in [-0.3, -0.25) is 9.48 Å². The van der Waals surface area contributed by atoms with E-state index in [1.807, 2.05) is 57.3 Å².